The number of hydrogen-bond acceptors (Lipinski definition) is 2. The first kappa shape index (κ1) is 13.6. The van der Waals surface area contributed by atoms with E-state index in [9.17, 15) is 26.3 Å². The fourth-order valence-electron chi connectivity index (χ4n) is 1.06. The Bertz CT molecular complexity index is 397. The molecule has 1 atom stereocenters. The predicted octanol–water partition coefficient (Wildman–Crippen LogP) is 2.58. The first-order valence-electron chi connectivity index (χ1n) is 4.22. The normalized spacial score (nSPS) is 16.6. The second-order valence-electron chi connectivity index (χ2n) is 3.32. The largest absolute Gasteiger partial charge is 0.455 e. The van der Waals surface area contributed by atoms with Gasteiger partial charge in [0.1, 0.15) is 0 Å². The lowest BCUT2D eigenvalue weighted by Gasteiger charge is -2.30. The Morgan fingerprint density at radius 1 is 0.882 bits per heavy atom. The summed E-state index contributed by atoms with van der Waals surface area (Å²) in [4.78, 5) is 0. The van der Waals surface area contributed by atoms with Crippen LogP contribution in [-0.2, 0) is 5.92 Å². The first-order valence-corrected chi connectivity index (χ1v) is 4.22. The van der Waals surface area contributed by atoms with Crippen molar-refractivity contribution in [3.05, 3.63) is 29.8 Å². The van der Waals surface area contributed by atoms with Gasteiger partial charge in [0, 0.05) is 11.3 Å². The van der Waals surface area contributed by atoms with Gasteiger partial charge in [-0.1, -0.05) is 12.1 Å². The van der Waals surface area contributed by atoms with Gasteiger partial charge < -0.3 is 10.8 Å². The summed E-state index contributed by atoms with van der Waals surface area (Å²) in [5.74, 6) is -10.8. The number of halogens is 6. The Kier molecular flexibility index (Phi) is 3.04. The molecule has 0 aliphatic carbocycles. The van der Waals surface area contributed by atoms with E-state index in [1.54, 1.807) is 0 Å². The van der Waals surface area contributed by atoms with Gasteiger partial charge in [0.2, 0.25) is 0 Å². The number of nitrogen functional groups attached to an aromatic ring is 1. The highest BCUT2D eigenvalue weighted by Crippen LogP contribution is 2.48. The second kappa shape index (κ2) is 3.80. The van der Waals surface area contributed by atoms with E-state index < -0.39 is 23.5 Å². The van der Waals surface area contributed by atoms with Crippen molar-refractivity contribution in [2.75, 3.05) is 5.73 Å². The zero-order chi connectivity index (χ0) is 13.5. The molecule has 0 spiro atoms. The quantitative estimate of drug-likeness (QED) is 0.633. The van der Waals surface area contributed by atoms with E-state index >= 15 is 0 Å². The molecule has 1 aromatic rings. The Labute approximate surface area is 91.7 Å². The van der Waals surface area contributed by atoms with Crippen LogP contribution < -0.4 is 5.73 Å². The molecule has 0 amide bonds. The summed E-state index contributed by atoms with van der Waals surface area (Å²) in [6.45, 7) is 0. The van der Waals surface area contributed by atoms with Gasteiger partial charge in [-0.15, -0.1) is 0 Å². The van der Waals surface area contributed by atoms with Gasteiger partial charge in [-0.2, -0.15) is 26.3 Å². The van der Waals surface area contributed by atoms with Crippen molar-refractivity contribution < 1.29 is 31.4 Å². The molecule has 0 heterocycles. The molecule has 8 heteroatoms. The van der Waals surface area contributed by atoms with E-state index in [0.29, 0.717) is 12.1 Å². The summed E-state index contributed by atoms with van der Waals surface area (Å²) in [6.07, 6.45) is -6.11. The fraction of sp³-hybridized carbons (Fsp3) is 0.333. The minimum Gasteiger partial charge on any atom is -0.399 e. The van der Waals surface area contributed by atoms with Gasteiger partial charge in [-0.05, 0) is 12.1 Å². The molecule has 1 rings (SSSR count). The number of benzene rings is 1. The van der Waals surface area contributed by atoms with E-state index in [1.807, 2.05) is 0 Å². The number of nitrogens with two attached hydrogens (primary N) is 1. The number of hydrogen-bond donors (Lipinski definition) is 2. The lowest BCUT2D eigenvalue weighted by molar-refractivity contribution is -0.390. The molecule has 0 saturated carbocycles. The van der Waals surface area contributed by atoms with Crippen molar-refractivity contribution in [2.45, 2.75) is 18.0 Å². The summed E-state index contributed by atoms with van der Waals surface area (Å²) in [7, 11) is 0. The van der Waals surface area contributed by atoms with Crippen LogP contribution in [0.4, 0.5) is 32.0 Å². The van der Waals surface area contributed by atoms with Gasteiger partial charge in [-0.3, -0.25) is 0 Å². The van der Waals surface area contributed by atoms with Crippen LogP contribution in [0, 0.1) is 0 Å². The maximum absolute atomic E-state index is 13.2. The average Bonchev–Trinajstić information content (AvgIpc) is 2.16. The Morgan fingerprint density at radius 3 is 1.65 bits per heavy atom. The molecule has 0 aliphatic heterocycles. The molecule has 96 valence electrons. The smallest absolute Gasteiger partial charge is 0.399 e. The molecule has 17 heavy (non-hydrogen) atoms. The lowest BCUT2D eigenvalue weighted by Crippen LogP contribution is -2.53. The van der Waals surface area contributed by atoms with Gasteiger partial charge in [0.15, 0.2) is 0 Å². The molecule has 1 unspecified atom stereocenters. The standard InChI is InChI=1S/C9H7F6NO/c10-7(11,8(12,17)9(13,14)15)5-1-3-6(16)4-2-5/h1-4,17H,16H2. The minimum absolute atomic E-state index is 0.0129. The molecule has 0 aromatic heterocycles. The van der Waals surface area contributed by atoms with Crippen molar-refractivity contribution >= 4 is 5.69 Å². The maximum Gasteiger partial charge on any atom is 0.455 e. The van der Waals surface area contributed by atoms with Crippen molar-refractivity contribution in [3.8, 4) is 0 Å². The molecular formula is C9H7F6NO. The molecule has 0 fully saturated rings. The Hall–Kier alpha value is -1.44. The highest BCUT2D eigenvalue weighted by Gasteiger charge is 2.71. The summed E-state index contributed by atoms with van der Waals surface area (Å²) < 4.78 is 75.1. The van der Waals surface area contributed by atoms with E-state index in [4.69, 9.17) is 10.8 Å². The number of anilines is 1. The number of aliphatic hydroxyl groups is 1. The van der Waals surface area contributed by atoms with E-state index in [0.717, 1.165) is 12.1 Å². The van der Waals surface area contributed by atoms with Gasteiger partial charge in [0.25, 0.3) is 0 Å². The number of rotatable bonds is 2. The SMILES string of the molecule is Nc1ccc(C(F)(F)C(O)(F)C(F)(F)F)cc1. The fourth-order valence-corrected chi connectivity index (χ4v) is 1.06. The predicted molar refractivity (Wildman–Crippen MR) is 46.9 cm³/mol. The van der Waals surface area contributed by atoms with Crippen LogP contribution >= 0.6 is 0 Å². The average molecular weight is 259 g/mol. The van der Waals surface area contributed by atoms with Gasteiger partial charge >= 0.3 is 18.0 Å². The zero-order valence-corrected chi connectivity index (χ0v) is 8.10. The van der Waals surface area contributed by atoms with Crippen LogP contribution in [0.15, 0.2) is 24.3 Å². The highest BCUT2D eigenvalue weighted by atomic mass is 19.4. The van der Waals surface area contributed by atoms with Crippen LogP contribution in [0.5, 0.6) is 0 Å². The molecule has 1 aromatic carbocycles. The molecule has 0 radical (unpaired) electrons. The molecule has 0 aliphatic rings. The summed E-state index contributed by atoms with van der Waals surface area (Å²) in [6, 6.07) is 2.75. The molecule has 0 saturated heterocycles. The third kappa shape index (κ3) is 2.17. The van der Waals surface area contributed by atoms with Crippen molar-refractivity contribution in [1.29, 1.82) is 0 Å². The van der Waals surface area contributed by atoms with Crippen LogP contribution in [0.1, 0.15) is 5.56 Å². The van der Waals surface area contributed by atoms with Crippen molar-refractivity contribution in [3.63, 3.8) is 0 Å². The highest BCUT2D eigenvalue weighted by molar-refractivity contribution is 5.41. The monoisotopic (exact) mass is 259 g/mol. The zero-order valence-electron chi connectivity index (χ0n) is 8.10. The van der Waals surface area contributed by atoms with Gasteiger partial charge in [0.05, 0.1) is 0 Å². The Morgan fingerprint density at radius 2 is 1.29 bits per heavy atom. The summed E-state index contributed by atoms with van der Waals surface area (Å²) in [5.41, 5.74) is 3.83. The maximum atomic E-state index is 13.2. The van der Waals surface area contributed by atoms with Crippen LogP contribution in [0.3, 0.4) is 0 Å². The van der Waals surface area contributed by atoms with E-state index in [-0.39, 0.29) is 5.69 Å². The van der Waals surface area contributed by atoms with Crippen molar-refractivity contribution in [1.82, 2.24) is 0 Å². The van der Waals surface area contributed by atoms with Crippen molar-refractivity contribution in [2.24, 2.45) is 0 Å². The van der Waals surface area contributed by atoms with Crippen LogP contribution in [0.2, 0.25) is 0 Å². The van der Waals surface area contributed by atoms with E-state index in [1.165, 1.54) is 0 Å². The molecule has 2 nitrogen and oxygen atoms in total. The van der Waals surface area contributed by atoms with Crippen LogP contribution in [0.25, 0.3) is 0 Å². The van der Waals surface area contributed by atoms with E-state index in [2.05, 4.69) is 0 Å². The summed E-state index contributed by atoms with van der Waals surface area (Å²) >= 11 is 0. The third-order valence-electron chi connectivity index (χ3n) is 2.06. The lowest BCUT2D eigenvalue weighted by atomic mass is 10.0. The minimum atomic E-state index is -6.11. The Balaban J connectivity index is 3.23. The molecule has 0 bridgehead atoms. The second-order valence-corrected chi connectivity index (χ2v) is 3.32. The molecule has 3 N–H and O–H groups in total. The first-order chi connectivity index (χ1) is 7.50. The topological polar surface area (TPSA) is 46.2 Å². The molecular weight excluding hydrogens is 252 g/mol. The van der Waals surface area contributed by atoms with Crippen LogP contribution in [-0.4, -0.2) is 17.1 Å². The van der Waals surface area contributed by atoms with Gasteiger partial charge in [-0.25, -0.2) is 0 Å². The number of alkyl halides is 6. The third-order valence-corrected chi connectivity index (χ3v) is 2.06. The summed E-state index contributed by atoms with van der Waals surface area (Å²) in [5, 5.41) is 8.33.